The maximum atomic E-state index is 14.8. The van der Waals surface area contributed by atoms with Crippen LogP contribution >= 0.6 is 0 Å². The second-order valence-electron chi connectivity index (χ2n) is 10.3. The fourth-order valence-corrected chi connectivity index (χ4v) is 5.69. The predicted octanol–water partition coefficient (Wildman–Crippen LogP) is 6.86. The highest BCUT2D eigenvalue weighted by Gasteiger charge is 2.26. The number of likely N-dealkylation sites (tertiary alicyclic amines) is 1. The lowest BCUT2D eigenvalue weighted by molar-refractivity contribution is -0.0521. The average Bonchev–Trinajstić information content (AvgIpc) is 3.32. The van der Waals surface area contributed by atoms with Gasteiger partial charge in [0.25, 0.3) is 0 Å². The molecule has 0 spiro atoms. The van der Waals surface area contributed by atoms with Gasteiger partial charge in [-0.2, -0.15) is 8.78 Å². The van der Waals surface area contributed by atoms with Crippen LogP contribution in [0.15, 0.2) is 54.7 Å². The van der Waals surface area contributed by atoms with Crippen LogP contribution in [0.5, 0.6) is 11.6 Å². The van der Waals surface area contributed by atoms with Crippen LogP contribution in [0, 0.1) is 5.82 Å². The van der Waals surface area contributed by atoms with Crippen molar-refractivity contribution in [3.63, 3.8) is 0 Å². The van der Waals surface area contributed by atoms with Crippen molar-refractivity contribution in [2.75, 3.05) is 33.4 Å². The molecule has 42 heavy (non-hydrogen) atoms. The van der Waals surface area contributed by atoms with Gasteiger partial charge in [-0.25, -0.2) is 14.2 Å². The van der Waals surface area contributed by atoms with Crippen molar-refractivity contribution >= 4 is 11.5 Å². The van der Waals surface area contributed by atoms with E-state index in [2.05, 4.69) is 20.7 Å². The minimum absolute atomic E-state index is 0.00189. The minimum atomic E-state index is -3.16. The van der Waals surface area contributed by atoms with Gasteiger partial charge in [-0.1, -0.05) is 18.2 Å². The zero-order valence-electron chi connectivity index (χ0n) is 23.3. The van der Waals surface area contributed by atoms with E-state index in [-0.39, 0.29) is 18.3 Å². The number of ether oxygens (including phenoxy) is 3. The molecule has 0 amide bonds. The Morgan fingerprint density at radius 1 is 1.14 bits per heavy atom. The van der Waals surface area contributed by atoms with E-state index >= 15 is 0 Å². The quantitative estimate of drug-likeness (QED) is 0.192. The highest BCUT2D eigenvalue weighted by atomic mass is 19.3. The Hall–Kier alpha value is -3.92. The van der Waals surface area contributed by atoms with E-state index in [4.69, 9.17) is 9.47 Å². The molecule has 1 atom stereocenters. The Morgan fingerprint density at radius 3 is 2.69 bits per heavy atom. The highest BCUT2D eigenvalue weighted by Crippen LogP contribution is 2.40. The number of methoxy groups -OCH3 is 1. The minimum Gasteiger partial charge on any atom is -0.473 e. The van der Waals surface area contributed by atoms with Crippen LogP contribution in [0.2, 0.25) is 0 Å². The maximum Gasteiger partial charge on any atom is 0.387 e. The number of rotatable bonds is 10. The van der Waals surface area contributed by atoms with E-state index in [1.54, 1.807) is 12.3 Å². The van der Waals surface area contributed by atoms with Gasteiger partial charge in [0.2, 0.25) is 5.88 Å². The number of carbonyl (C=O) groups is 1. The van der Waals surface area contributed by atoms with E-state index in [9.17, 15) is 22.4 Å². The SMILES string of the molecule is COC(=O)c1ccc2c(c1-c1ccc(OC(F)F)c(F)c1)CCCC=C2c1ccc(O[C@H]2CCN(CCCF)C2)nc1. The number of hydrogen-bond donors (Lipinski definition) is 0. The van der Waals surface area contributed by atoms with Crippen LogP contribution in [0.1, 0.15) is 52.7 Å². The van der Waals surface area contributed by atoms with Crippen molar-refractivity contribution in [3.05, 3.63) is 82.8 Å². The molecule has 0 saturated carbocycles. The van der Waals surface area contributed by atoms with E-state index < -0.39 is 24.1 Å². The van der Waals surface area contributed by atoms with Crippen LogP contribution in [0.3, 0.4) is 0 Å². The van der Waals surface area contributed by atoms with Gasteiger partial charge in [-0.3, -0.25) is 9.29 Å². The number of esters is 1. The van der Waals surface area contributed by atoms with Crippen LogP contribution in [-0.4, -0.2) is 62.0 Å². The summed E-state index contributed by atoms with van der Waals surface area (Å²) in [5, 5.41) is 0. The van der Waals surface area contributed by atoms with E-state index in [1.165, 1.54) is 13.2 Å². The van der Waals surface area contributed by atoms with Crippen molar-refractivity contribution in [1.82, 2.24) is 9.88 Å². The Balaban J connectivity index is 1.46. The zero-order valence-corrected chi connectivity index (χ0v) is 23.3. The number of benzene rings is 2. The second-order valence-corrected chi connectivity index (χ2v) is 10.3. The number of alkyl halides is 3. The summed E-state index contributed by atoms with van der Waals surface area (Å²) in [7, 11) is 1.27. The number of pyridine rings is 1. The predicted molar refractivity (Wildman–Crippen MR) is 150 cm³/mol. The summed E-state index contributed by atoms with van der Waals surface area (Å²) in [6, 6.07) is 10.9. The fourth-order valence-electron chi connectivity index (χ4n) is 5.69. The lowest BCUT2D eigenvalue weighted by Gasteiger charge is -2.20. The summed E-state index contributed by atoms with van der Waals surface area (Å²) < 4.78 is 68.1. The maximum absolute atomic E-state index is 14.8. The molecule has 1 aliphatic carbocycles. The van der Waals surface area contributed by atoms with Crippen molar-refractivity contribution in [2.45, 2.75) is 44.8 Å². The third-order valence-corrected chi connectivity index (χ3v) is 7.60. The molecule has 0 unspecified atom stereocenters. The molecule has 6 nitrogen and oxygen atoms in total. The molecule has 2 aromatic carbocycles. The molecular weight excluding hydrogens is 552 g/mol. The van der Waals surface area contributed by atoms with Gasteiger partial charge < -0.3 is 14.2 Å². The number of halogens is 4. The van der Waals surface area contributed by atoms with E-state index in [0.29, 0.717) is 29.8 Å². The standard InChI is InChI=1S/C32H32F4N2O4/c1-40-31(39)26-10-9-24-23(21-8-12-29(37-18-21)41-22-13-16-38(19-22)15-4-14-33)5-2-3-6-25(24)30(26)20-7-11-28(27(34)17-20)42-32(35)36/h5,7-12,17-18,22,32H,2-4,6,13-16,19H2,1H3/t22-/m0/s1. The topological polar surface area (TPSA) is 60.9 Å². The Labute approximate surface area is 241 Å². The number of aromatic nitrogens is 1. The zero-order chi connectivity index (χ0) is 29.6. The lowest BCUT2D eigenvalue weighted by atomic mass is 9.85. The smallest absolute Gasteiger partial charge is 0.387 e. The summed E-state index contributed by atoms with van der Waals surface area (Å²) in [4.78, 5) is 19.5. The molecular formula is C32H32F4N2O4. The van der Waals surface area contributed by atoms with Crippen LogP contribution < -0.4 is 9.47 Å². The first kappa shape index (κ1) is 29.6. The average molecular weight is 585 g/mol. The Morgan fingerprint density at radius 2 is 1.98 bits per heavy atom. The van der Waals surface area contributed by atoms with Crippen molar-refractivity contribution in [2.24, 2.45) is 0 Å². The normalized spacial score (nSPS) is 17.0. The number of nitrogens with zero attached hydrogens (tertiary/aromatic N) is 2. The van der Waals surface area contributed by atoms with Crippen molar-refractivity contribution < 1.29 is 36.6 Å². The molecule has 1 fully saturated rings. The monoisotopic (exact) mass is 584 g/mol. The molecule has 2 heterocycles. The van der Waals surface area contributed by atoms with E-state index in [0.717, 1.165) is 73.3 Å². The third kappa shape index (κ3) is 6.59. The van der Waals surface area contributed by atoms with Crippen LogP contribution in [0.25, 0.3) is 16.7 Å². The molecule has 2 aliphatic rings. The number of fused-ring (bicyclic) bond motifs is 1. The molecule has 1 aromatic heterocycles. The molecule has 10 heteroatoms. The summed E-state index contributed by atoms with van der Waals surface area (Å²) in [6.45, 7) is -1.16. The number of hydrogen-bond acceptors (Lipinski definition) is 6. The second kappa shape index (κ2) is 13.4. The molecule has 1 aliphatic heterocycles. The van der Waals surface area contributed by atoms with E-state index in [1.807, 2.05) is 18.2 Å². The number of allylic oxidation sites excluding steroid dienone is 1. The molecule has 3 aromatic rings. The molecule has 0 bridgehead atoms. The molecule has 0 radical (unpaired) electrons. The van der Waals surface area contributed by atoms with Crippen molar-refractivity contribution in [1.29, 1.82) is 0 Å². The lowest BCUT2D eigenvalue weighted by Crippen LogP contribution is -2.26. The largest absolute Gasteiger partial charge is 0.473 e. The first-order valence-corrected chi connectivity index (χ1v) is 14.0. The van der Waals surface area contributed by atoms with Crippen molar-refractivity contribution in [3.8, 4) is 22.8 Å². The fraction of sp³-hybridized carbons (Fsp3) is 0.375. The molecule has 0 N–H and O–H groups in total. The summed E-state index contributed by atoms with van der Waals surface area (Å²) in [5.41, 5.74) is 4.54. The van der Waals surface area contributed by atoms with Gasteiger partial charge in [-0.05, 0) is 78.6 Å². The summed E-state index contributed by atoms with van der Waals surface area (Å²) >= 11 is 0. The van der Waals surface area contributed by atoms with Crippen LogP contribution in [0.4, 0.5) is 17.6 Å². The van der Waals surface area contributed by atoms with Gasteiger partial charge in [0.1, 0.15) is 6.10 Å². The number of carbonyl (C=O) groups excluding carboxylic acids is 1. The van der Waals surface area contributed by atoms with Crippen LogP contribution in [-0.2, 0) is 11.2 Å². The van der Waals surface area contributed by atoms with Gasteiger partial charge in [0.05, 0.1) is 19.3 Å². The summed E-state index contributed by atoms with van der Waals surface area (Å²) in [6.07, 6.45) is 7.38. The highest BCUT2D eigenvalue weighted by molar-refractivity contribution is 6.00. The first-order chi connectivity index (χ1) is 20.4. The Kier molecular flexibility index (Phi) is 9.41. The Bertz CT molecular complexity index is 1450. The molecule has 222 valence electrons. The summed E-state index contributed by atoms with van der Waals surface area (Å²) in [5.74, 6) is -1.62. The third-order valence-electron chi connectivity index (χ3n) is 7.60. The van der Waals surface area contributed by atoms with Gasteiger partial charge in [0.15, 0.2) is 11.6 Å². The molecule has 5 rings (SSSR count). The van der Waals surface area contributed by atoms with Gasteiger partial charge in [0, 0.05) is 43.0 Å². The first-order valence-electron chi connectivity index (χ1n) is 14.0. The van der Waals surface area contributed by atoms with Gasteiger partial charge >= 0.3 is 12.6 Å². The molecule has 1 saturated heterocycles. The van der Waals surface area contributed by atoms with Gasteiger partial charge in [-0.15, -0.1) is 0 Å².